The van der Waals surface area contributed by atoms with Crippen LogP contribution in [-0.4, -0.2) is 38.6 Å². The summed E-state index contributed by atoms with van der Waals surface area (Å²) in [5.41, 5.74) is 3.61. The van der Waals surface area contributed by atoms with Gasteiger partial charge in [-0.15, -0.1) is 0 Å². The molecule has 1 aromatic carbocycles. The van der Waals surface area contributed by atoms with Gasteiger partial charge in [-0.25, -0.2) is 0 Å². The summed E-state index contributed by atoms with van der Waals surface area (Å²) in [6, 6.07) is 3.98. The molecule has 112 valence electrons. The third kappa shape index (κ3) is 2.97. The minimum Gasteiger partial charge on any atom is -0.508 e. The Morgan fingerprint density at radius 2 is 2.10 bits per heavy atom. The largest absolute Gasteiger partial charge is 0.508 e. The molecule has 1 aromatic rings. The van der Waals surface area contributed by atoms with Crippen molar-refractivity contribution in [2.24, 2.45) is 0 Å². The van der Waals surface area contributed by atoms with Gasteiger partial charge in [0.2, 0.25) is 0 Å². The molecule has 1 aliphatic carbocycles. The highest BCUT2D eigenvalue weighted by molar-refractivity contribution is 5.50. The van der Waals surface area contributed by atoms with Gasteiger partial charge in [-0.05, 0) is 36.5 Å². The Bertz CT molecular complexity index is 461. The summed E-state index contributed by atoms with van der Waals surface area (Å²) in [7, 11) is 3.37. The molecule has 4 heteroatoms. The normalized spacial score (nSPS) is 22.8. The number of fused-ring (bicyclic) bond motifs is 1. The van der Waals surface area contributed by atoms with Crippen LogP contribution in [0, 0.1) is 6.92 Å². The number of ether oxygens (including phenoxy) is 2. The lowest BCUT2D eigenvalue weighted by Crippen LogP contribution is -2.33. The lowest BCUT2D eigenvalue weighted by molar-refractivity contribution is 0.0272. The number of methoxy groups -OCH3 is 2. The summed E-state index contributed by atoms with van der Waals surface area (Å²) in [5, 5.41) is 13.7. The second-order valence-electron chi connectivity index (χ2n) is 5.64. The van der Waals surface area contributed by atoms with Crippen LogP contribution < -0.4 is 5.32 Å². The molecule has 20 heavy (non-hydrogen) atoms. The van der Waals surface area contributed by atoms with Crippen LogP contribution in [0.25, 0.3) is 0 Å². The van der Waals surface area contributed by atoms with Crippen LogP contribution >= 0.6 is 0 Å². The Morgan fingerprint density at radius 3 is 2.75 bits per heavy atom. The molecule has 4 nitrogen and oxygen atoms in total. The van der Waals surface area contributed by atoms with E-state index in [1.807, 2.05) is 6.07 Å². The monoisotopic (exact) mass is 279 g/mol. The first-order valence-electron chi connectivity index (χ1n) is 7.16. The van der Waals surface area contributed by atoms with E-state index < -0.39 is 0 Å². The molecule has 0 heterocycles. The van der Waals surface area contributed by atoms with Gasteiger partial charge < -0.3 is 19.9 Å². The molecule has 0 amide bonds. The van der Waals surface area contributed by atoms with Gasteiger partial charge in [-0.2, -0.15) is 0 Å². The molecule has 0 aliphatic heterocycles. The maximum Gasteiger partial charge on any atom is 0.120 e. The molecular formula is C16H25NO3. The van der Waals surface area contributed by atoms with Crippen molar-refractivity contribution in [3.05, 3.63) is 28.8 Å². The third-order valence-electron chi connectivity index (χ3n) is 4.19. The number of rotatable bonds is 6. The van der Waals surface area contributed by atoms with E-state index in [4.69, 9.17) is 9.47 Å². The number of nitrogens with one attached hydrogen (secondary N) is 1. The molecule has 0 radical (unpaired) electrons. The molecule has 2 rings (SSSR count). The molecule has 0 saturated heterocycles. The zero-order valence-corrected chi connectivity index (χ0v) is 12.8. The topological polar surface area (TPSA) is 50.7 Å². The predicted molar refractivity (Wildman–Crippen MR) is 79.3 cm³/mol. The van der Waals surface area contributed by atoms with Gasteiger partial charge >= 0.3 is 0 Å². The van der Waals surface area contributed by atoms with Gasteiger partial charge in [0.25, 0.3) is 0 Å². The lowest BCUT2D eigenvalue weighted by Gasteiger charge is -2.20. The van der Waals surface area contributed by atoms with E-state index in [0.717, 1.165) is 12.0 Å². The quantitative estimate of drug-likeness (QED) is 0.840. The van der Waals surface area contributed by atoms with Gasteiger partial charge in [0, 0.05) is 32.4 Å². The van der Waals surface area contributed by atoms with E-state index in [9.17, 15) is 5.11 Å². The van der Waals surface area contributed by atoms with Gasteiger partial charge in [0.1, 0.15) is 5.75 Å². The number of phenols is 1. The smallest absolute Gasteiger partial charge is 0.120 e. The van der Waals surface area contributed by atoms with Crippen molar-refractivity contribution in [3.63, 3.8) is 0 Å². The van der Waals surface area contributed by atoms with Gasteiger partial charge in [-0.3, -0.25) is 0 Å². The fourth-order valence-electron chi connectivity index (χ4n) is 3.20. The van der Waals surface area contributed by atoms with Crippen molar-refractivity contribution in [2.75, 3.05) is 27.4 Å². The predicted octanol–water partition coefficient (Wildman–Crippen LogP) is 2.50. The van der Waals surface area contributed by atoms with Gasteiger partial charge in [0.15, 0.2) is 0 Å². The number of aryl methyl sites for hydroxylation is 1. The van der Waals surface area contributed by atoms with Crippen LogP contribution in [0.4, 0.5) is 0 Å². The summed E-state index contributed by atoms with van der Waals surface area (Å²) in [5.74, 6) is 0.867. The first-order chi connectivity index (χ1) is 9.58. The zero-order valence-electron chi connectivity index (χ0n) is 12.8. The van der Waals surface area contributed by atoms with Crippen LogP contribution in [0.3, 0.4) is 0 Å². The third-order valence-corrected chi connectivity index (χ3v) is 4.19. The van der Waals surface area contributed by atoms with Gasteiger partial charge in [0.05, 0.1) is 12.7 Å². The van der Waals surface area contributed by atoms with Crippen LogP contribution in [-0.2, 0) is 9.47 Å². The first kappa shape index (κ1) is 15.3. The molecule has 0 bridgehead atoms. The Morgan fingerprint density at radius 1 is 1.35 bits per heavy atom. The van der Waals surface area contributed by atoms with Crippen LogP contribution in [0.2, 0.25) is 0 Å². The number of hydrogen-bond donors (Lipinski definition) is 2. The van der Waals surface area contributed by atoms with Crippen molar-refractivity contribution in [2.45, 2.75) is 38.3 Å². The van der Waals surface area contributed by atoms with Crippen molar-refractivity contribution in [1.29, 1.82) is 0 Å². The van der Waals surface area contributed by atoms with Crippen molar-refractivity contribution in [1.82, 2.24) is 5.32 Å². The number of aromatic hydroxyl groups is 1. The molecule has 0 spiro atoms. The van der Waals surface area contributed by atoms with E-state index >= 15 is 0 Å². The SMILES string of the molecule is COCC(CNC1CC(C)c2c(C)ccc(O)c21)OC. The minimum atomic E-state index is 0.0336. The maximum atomic E-state index is 10.2. The molecular weight excluding hydrogens is 254 g/mol. The summed E-state index contributed by atoms with van der Waals surface area (Å²) >= 11 is 0. The summed E-state index contributed by atoms with van der Waals surface area (Å²) in [4.78, 5) is 0. The molecule has 3 unspecified atom stereocenters. The summed E-state index contributed by atoms with van der Waals surface area (Å²) in [6.07, 6.45) is 1.04. The lowest BCUT2D eigenvalue weighted by atomic mass is 9.97. The highest BCUT2D eigenvalue weighted by Gasteiger charge is 2.32. The molecule has 2 N–H and O–H groups in total. The fraction of sp³-hybridized carbons (Fsp3) is 0.625. The van der Waals surface area contributed by atoms with Crippen LogP contribution in [0.1, 0.15) is 42.0 Å². The van der Waals surface area contributed by atoms with E-state index in [1.165, 1.54) is 11.1 Å². The second kappa shape index (κ2) is 6.57. The molecule has 0 fully saturated rings. The van der Waals surface area contributed by atoms with E-state index in [1.54, 1.807) is 20.3 Å². The second-order valence-corrected chi connectivity index (χ2v) is 5.64. The van der Waals surface area contributed by atoms with E-state index in [-0.39, 0.29) is 12.1 Å². The molecule has 1 aliphatic rings. The maximum absolute atomic E-state index is 10.2. The number of phenolic OH excluding ortho intramolecular Hbond substituents is 1. The van der Waals surface area contributed by atoms with Crippen molar-refractivity contribution >= 4 is 0 Å². The van der Waals surface area contributed by atoms with Crippen molar-refractivity contribution < 1.29 is 14.6 Å². The molecule has 0 saturated carbocycles. The average molecular weight is 279 g/mol. The van der Waals surface area contributed by atoms with E-state index in [0.29, 0.717) is 24.8 Å². The Hall–Kier alpha value is -1.10. The number of benzene rings is 1. The zero-order chi connectivity index (χ0) is 14.7. The van der Waals surface area contributed by atoms with Gasteiger partial charge in [-0.1, -0.05) is 13.0 Å². The van der Waals surface area contributed by atoms with Crippen LogP contribution in [0.15, 0.2) is 12.1 Å². The molecule has 3 atom stereocenters. The Balaban J connectivity index is 2.12. The highest BCUT2D eigenvalue weighted by atomic mass is 16.5. The Kier molecular flexibility index (Phi) is 5.02. The average Bonchev–Trinajstić information content (AvgIpc) is 2.77. The number of hydrogen-bond acceptors (Lipinski definition) is 4. The summed E-state index contributed by atoms with van der Waals surface area (Å²) in [6.45, 7) is 5.61. The highest BCUT2D eigenvalue weighted by Crippen LogP contribution is 2.45. The molecule has 0 aromatic heterocycles. The standard InChI is InChI=1S/C16H25NO3/c1-10-5-6-14(18)16-13(7-11(2)15(10)16)17-8-12(20-4)9-19-3/h5-6,11-13,17-18H,7-9H2,1-4H3. The Labute approximate surface area is 121 Å². The van der Waals surface area contributed by atoms with E-state index in [2.05, 4.69) is 19.2 Å². The van der Waals surface area contributed by atoms with Crippen LogP contribution in [0.5, 0.6) is 5.75 Å². The fourth-order valence-corrected chi connectivity index (χ4v) is 3.20. The summed E-state index contributed by atoms with van der Waals surface area (Å²) < 4.78 is 10.5. The minimum absolute atomic E-state index is 0.0336. The van der Waals surface area contributed by atoms with Crippen molar-refractivity contribution in [3.8, 4) is 5.75 Å². The first-order valence-corrected chi connectivity index (χ1v) is 7.16.